The number of sulfonamides is 1. The minimum atomic E-state index is -3.92. The van der Waals surface area contributed by atoms with Crippen molar-refractivity contribution in [3.05, 3.63) is 58.6 Å². The van der Waals surface area contributed by atoms with Crippen LogP contribution in [0.3, 0.4) is 0 Å². The largest absolute Gasteiger partial charge is 0.277 e. The van der Waals surface area contributed by atoms with Gasteiger partial charge >= 0.3 is 0 Å². The maximum Gasteiger partial charge on any atom is 0.261 e. The molecule has 8 heteroatoms. The van der Waals surface area contributed by atoms with E-state index in [1.165, 1.54) is 12.1 Å². The second-order valence-corrected chi connectivity index (χ2v) is 6.19. The van der Waals surface area contributed by atoms with Gasteiger partial charge in [0.25, 0.3) is 10.0 Å². The molecule has 2 rings (SSSR count). The molecule has 0 bridgehead atoms. The molecule has 0 atom stereocenters. The maximum absolute atomic E-state index is 13.3. The number of rotatable bonds is 3. The van der Waals surface area contributed by atoms with Gasteiger partial charge < -0.3 is 0 Å². The van der Waals surface area contributed by atoms with Crippen molar-refractivity contribution >= 4 is 31.6 Å². The molecule has 20 heavy (non-hydrogen) atoms. The molecule has 103 valence electrons. The van der Waals surface area contributed by atoms with Crippen LogP contribution in [0, 0.1) is 17.7 Å². The molecule has 1 radical (unpaired) electrons. The summed E-state index contributed by atoms with van der Waals surface area (Å²) in [5.41, 5.74) is -0.357. The molecule has 2 aromatic rings. The third-order valence-corrected chi connectivity index (χ3v) is 4.14. The number of hydrogen-bond acceptors (Lipinski definition) is 2. The molecule has 0 amide bonds. The number of halogens is 3. The average Bonchev–Trinajstić information content (AvgIpc) is 2.33. The van der Waals surface area contributed by atoms with E-state index in [0.717, 1.165) is 12.1 Å². The molecular formula is C12H7BrF2NO2STi. The first-order valence-corrected chi connectivity index (χ1v) is 7.32. The molecule has 1 N–H and O–H groups in total. The van der Waals surface area contributed by atoms with Gasteiger partial charge in [0, 0.05) is 26.2 Å². The Morgan fingerprint density at radius 2 is 1.65 bits per heavy atom. The van der Waals surface area contributed by atoms with Crippen LogP contribution < -0.4 is 4.72 Å². The maximum atomic E-state index is 13.3. The first-order valence-electron chi connectivity index (χ1n) is 5.04. The van der Waals surface area contributed by atoms with Gasteiger partial charge in [0.2, 0.25) is 0 Å². The zero-order chi connectivity index (χ0) is 14.0. The van der Waals surface area contributed by atoms with Crippen LogP contribution in [0.1, 0.15) is 0 Å². The van der Waals surface area contributed by atoms with Gasteiger partial charge in [0.05, 0.1) is 16.6 Å². The third kappa shape index (κ3) is 4.12. The minimum absolute atomic E-state index is 0. The quantitative estimate of drug-likeness (QED) is 0.811. The standard InChI is InChI=1S/C12H7BrF2NO2S.Ti/c13-8-1-4-10(5-2-8)19(17,18)16-12-6-3-9(14)7-11(12)15;/h1-6,16H;. The molecule has 0 aliphatic heterocycles. The molecule has 0 aliphatic rings. The van der Waals surface area contributed by atoms with E-state index < -0.39 is 21.7 Å². The second-order valence-electron chi connectivity index (χ2n) is 3.59. The molecule has 0 aromatic heterocycles. The number of nitrogens with one attached hydrogen (secondary N) is 1. The summed E-state index contributed by atoms with van der Waals surface area (Å²) in [5, 5.41) is 0. The van der Waals surface area contributed by atoms with Crippen LogP contribution in [0.25, 0.3) is 0 Å². The monoisotopic (exact) mass is 394 g/mol. The minimum Gasteiger partial charge on any atom is -0.277 e. The summed E-state index contributed by atoms with van der Waals surface area (Å²) in [6.07, 6.45) is 0. The van der Waals surface area contributed by atoms with Crippen molar-refractivity contribution in [3.63, 3.8) is 0 Å². The molecule has 0 unspecified atom stereocenters. The molecule has 0 spiro atoms. The molecule has 0 heterocycles. The van der Waals surface area contributed by atoms with Crippen LogP contribution in [-0.4, -0.2) is 8.42 Å². The van der Waals surface area contributed by atoms with E-state index >= 15 is 0 Å². The summed E-state index contributed by atoms with van der Waals surface area (Å²) < 4.78 is 52.6. The molecule has 0 saturated heterocycles. The van der Waals surface area contributed by atoms with E-state index in [0.29, 0.717) is 4.47 Å². The zero-order valence-corrected chi connectivity index (χ0v) is 13.8. The SMILES string of the molecule is O=S(=O)(Nc1ccc(F)[c]c1F)c1ccc(Br)cc1.[Ti]. The van der Waals surface area contributed by atoms with Crippen molar-refractivity contribution in [1.29, 1.82) is 0 Å². The summed E-state index contributed by atoms with van der Waals surface area (Å²) in [6.45, 7) is 0. The second kappa shape index (κ2) is 6.80. The fourth-order valence-electron chi connectivity index (χ4n) is 1.34. The van der Waals surface area contributed by atoms with Crippen molar-refractivity contribution in [2.75, 3.05) is 4.72 Å². The Morgan fingerprint density at radius 1 is 1.05 bits per heavy atom. The number of benzene rings is 2. The van der Waals surface area contributed by atoms with Crippen LogP contribution in [-0.2, 0) is 31.7 Å². The van der Waals surface area contributed by atoms with Crippen LogP contribution in [0.5, 0.6) is 0 Å². The summed E-state index contributed by atoms with van der Waals surface area (Å²) in [7, 11) is -3.92. The van der Waals surface area contributed by atoms with Crippen molar-refractivity contribution < 1.29 is 38.9 Å². The van der Waals surface area contributed by atoms with Gasteiger partial charge in [-0.2, -0.15) is 0 Å². The van der Waals surface area contributed by atoms with Crippen molar-refractivity contribution in [1.82, 2.24) is 0 Å². The fourth-order valence-corrected chi connectivity index (χ4v) is 2.66. The number of hydrogen-bond donors (Lipinski definition) is 1. The fraction of sp³-hybridized carbons (Fsp3) is 0. The van der Waals surface area contributed by atoms with E-state index in [1.54, 1.807) is 18.2 Å². The average molecular weight is 395 g/mol. The van der Waals surface area contributed by atoms with Gasteiger partial charge in [-0.05, 0) is 36.4 Å². The summed E-state index contributed by atoms with van der Waals surface area (Å²) in [4.78, 5) is -0.0283. The molecule has 3 nitrogen and oxygen atoms in total. The van der Waals surface area contributed by atoms with Gasteiger partial charge in [-0.15, -0.1) is 0 Å². The first kappa shape index (κ1) is 17.3. The van der Waals surface area contributed by atoms with Crippen LogP contribution >= 0.6 is 15.9 Å². The molecule has 0 fully saturated rings. The number of anilines is 1. The van der Waals surface area contributed by atoms with E-state index in [-0.39, 0.29) is 32.3 Å². The van der Waals surface area contributed by atoms with Crippen LogP contribution in [0.4, 0.5) is 14.5 Å². The van der Waals surface area contributed by atoms with E-state index in [2.05, 4.69) is 15.9 Å². The van der Waals surface area contributed by atoms with E-state index in [4.69, 9.17) is 0 Å². The first-order chi connectivity index (χ1) is 8.88. The van der Waals surface area contributed by atoms with Gasteiger partial charge in [-0.1, -0.05) is 15.9 Å². The Bertz CT molecular complexity index is 708. The Balaban J connectivity index is 0.00000200. The van der Waals surface area contributed by atoms with Crippen molar-refractivity contribution in [3.8, 4) is 0 Å². The van der Waals surface area contributed by atoms with E-state index in [1.807, 2.05) is 4.72 Å². The topological polar surface area (TPSA) is 46.2 Å². The summed E-state index contributed by atoms with van der Waals surface area (Å²) in [6, 6.07) is 9.47. The Labute approximate surface area is 138 Å². The predicted molar refractivity (Wildman–Crippen MR) is 70.1 cm³/mol. The van der Waals surface area contributed by atoms with Gasteiger partial charge in [-0.25, -0.2) is 17.2 Å². The normalized spacial score (nSPS) is 10.8. The van der Waals surface area contributed by atoms with E-state index in [9.17, 15) is 17.2 Å². The summed E-state index contributed by atoms with van der Waals surface area (Å²) >= 11 is 3.18. The van der Waals surface area contributed by atoms with Crippen LogP contribution in [0.15, 0.2) is 45.8 Å². The predicted octanol–water partition coefficient (Wildman–Crippen LogP) is 3.33. The summed E-state index contributed by atoms with van der Waals surface area (Å²) in [5.74, 6) is -2.00. The van der Waals surface area contributed by atoms with Crippen LogP contribution in [0.2, 0.25) is 0 Å². The molecule has 0 saturated carbocycles. The smallest absolute Gasteiger partial charge is 0.261 e. The van der Waals surface area contributed by atoms with Gasteiger partial charge in [0.15, 0.2) is 5.82 Å². The van der Waals surface area contributed by atoms with Gasteiger partial charge in [0.1, 0.15) is 5.82 Å². The molecular weight excluding hydrogens is 388 g/mol. The van der Waals surface area contributed by atoms with Gasteiger partial charge in [-0.3, -0.25) is 4.72 Å². The van der Waals surface area contributed by atoms with Crippen molar-refractivity contribution in [2.45, 2.75) is 4.90 Å². The third-order valence-electron chi connectivity index (χ3n) is 2.23. The zero-order valence-electron chi connectivity index (χ0n) is 9.82. The molecule has 2 aromatic carbocycles. The van der Waals surface area contributed by atoms with Crippen molar-refractivity contribution in [2.24, 2.45) is 0 Å². The Hall–Kier alpha value is -0.756. The Kier molecular flexibility index (Phi) is 5.88. The molecule has 0 aliphatic carbocycles. The Morgan fingerprint density at radius 3 is 2.20 bits per heavy atom.